The van der Waals surface area contributed by atoms with Crippen molar-refractivity contribution in [2.75, 3.05) is 11.1 Å². The van der Waals surface area contributed by atoms with Gasteiger partial charge in [0.1, 0.15) is 5.69 Å². The Labute approximate surface area is 181 Å². The Morgan fingerprint density at radius 2 is 1.93 bits per heavy atom. The molecule has 3 aromatic rings. The second-order valence-corrected chi connectivity index (χ2v) is 8.88. The van der Waals surface area contributed by atoms with Crippen molar-refractivity contribution in [3.05, 3.63) is 62.8 Å². The number of rotatable bonds is 6. The second-order valence-electron chi connectivity index (χ2n) is 6.68. The zero-order chi connectivity index (χ0) is 21.8. The average molecular weight is 446 g/mol. The number of thioether (sulfide) groups is 1. The molecular formula is C20H23N5O3S2. The van der Waals surface area contributed by atoms with Gasteiger partial charge in [-0.1, -0.05) is 18.2 Å². The van der Waals surface area contributed by atoms with Crippen LogP contribution in [-0.2, 0) is 23.7 Å². The molecule has 0 aliphatic carbocycles. The van der Waals surface area contributed by atoms with Gasteiger partial charge in [0, 0.05) is 25.7 Å². The maximum atomic E-state index is 12.9. The van der Waals surface area contributed by atoms with E-state index >= 15 is 0 Å². The van der Waals surface area contributed by atoms with Gasteiger partial charge in [0.05, 0.1) is 22.4 Å². The summed E-state index contributed by atoms with van der Waals surface area (Å²) in [6.45, 7) is 3.48. The number of hydrogen-bond acceptors (Lipinski definition) is 5. The minimum atomic E-state index is -0.523. The number of carbonyl (C=O) groups excluding carboxylic acids is 2. The van der Waals surface area contributed by atoms with Crippen LogP contribution in [0.25, 0.3) is 5.69 Å². The minimum Gasteiger partial charge on any atom is -0.327 e. The molecule has 1 N–H and O–H groups in total. The fraction of sp³-hybridized carbons (Fsp3) is 0.300. The molecule has 30 heavy (non-hydrogen) atoms. The number of thiazole rings is 1. The molecular weight excluding hydrogens is 422 g/mol. The standard InChI is InChI=1S/C20H23N5O3S2/c1-13-17(19(28)25(24(13)4)15-8-6-5-7-9-15)22-18(27)14(2)30-12-16(26)21-20-23(3)10-11-29-20/h5-11,14H,12H2,1-4H3,(H,22,27). The van der Waals surface area contributed by atoms with Crippen molar-refractivity contribution < 1.29 is 9.59 Å². The third-order valence-corrected chi connectivity index (χ3v) is 6.58. The summed E-state index contributed by atoms with van der Waals surface area (Å²) in [6.07, 6.45) is 1.82. The fourth-order valence-electron chi connectivity index (χ4n) is 2.78. The first-order valence-electron chi connectivity index (χ1n) is 9.23. The first kappa shape index (κ1) is 21.8. The zero-order valence-corrected chi connectivity index (χ0v) is 18.8. The normalized spacial score (nSPS) is 12.7. The molecule has 1 atom stereocenters. The predicted octanol–water partition coefficient (Wildman–Crippen LogP) is 2.07. The highest BCUT2D eigenvalue weighted by Gasteiger charge is 2.21. The van der Waals surface area contributed by atoms with Gasteiger partial charge in [0.25, 0.3) is 11.5 Å². The molecule has 2 aromatic heterocycles. The van der Waals surface area contributed by atoms with E-state index in [1.165, 1.54) is 27.8 Å². The zero-order valence-electron chi connectivity index (χ0n) is 17.2. The van der Waals surface area contributed by atoms with Gasteiger partial charge in [-0.25, -0.2) is 4.68 Å². The van der Waals surface area contributed by atoms with Crippen LogP contribution in [0.4, 0.5) is 5.69 Å². The third kappa shape index (κ3) is 4.65. The molecule has 2 heterocycles. The Morgan fingerprint density at radius 1 is 1.23 bits per heavy atom. The molecule has 0 spiro atoms. The summed E-state index contributed by atoms with van der Waals surface area (Å²) < 4.78 is 4.97. The van der Waals surface area contributed by atoms with E-state index in [1.807, 2.05) is 49.0 Å². The summed E-state index contributed by atoms with van der Waals surface area (Å²) in [6, 6.07) is 9.22. The lowest BCUT2D eigenvalue weighted by Gasteiger charge is -2.10. The number of benzene rings is 1. The van der Waals surface area contributed by atoms with Crippen molar-refractivity contribution in [2.24, 2.45) is 19.1 Å². The highest BCUT2D eigenvalue weighted by atomic mass is 32.2. The van der Waals surface area contributed by atoms with Crippen molar-refractivity contribution in [1.82, 2.24) is 13.9 Å². The van der Waals surface area contributed by atoms with Crippen molar-refractivity contribution in [2.45, 2.75) is 19.1 Å². The molecule has 0 saturated carbocycles. The summed E-state index contributed by atoms with van der Waals surface area (Å²) in [5.74, 6) is -0.561. The summed E-state index contributed by atoms with van der Waals surface area (Å²) in [5.41, 5.74) is 1.29. The number of para-hydroxylation sites is 1. The number of hydrogen-bond donors (Lipinski definition) is 1. The molecule has 0 aliphatic heterocycles. The van der Waals surface area contributed by atoms with E-state index in [4.69, 9.17) is 0 Å². The van der Waals surface area contributed by atoms with Crippen LogP contribution >= 0.6 is 23.1 Å². The van der Waals surface area contributed by atoms with E-state index < -0.39 is 5.25 Å². The Kier molecular flexibility index (Phi) is 6.78. The van der Waals surface area contributed by atoms with Crippen LogP contribution in [0.3, 0.4) is 0 Å². The summed E-state index contributed by atoms with van der Waals surface area (Å²) in [5, 5.41) is 4.05. The molecule has 3 rings (SSSR count). The molecule has 0 fully saturated rings. The molecule has 0 saturated heterocycles. The molecule has 158 valence electrons. The van der Waals surface area contributed by atoms with Crippen LogP contribution < -0.4 is 15.7 Å². The number of amides is 2. The van der Waals surface area contributed by atoms with E-state index in [0.29, 0.717) is 16.2 Å². The van der Waals surface area contributed by atoms with Crippen LogP contribution in [0, 0.1) is 6.92 Å². The van der Waals surface area contributed by atoms with Crippen LogP contribution in [0.15, 0.2) is 51.7 Å². The van der Waals surface area contributed by atoms with Gasteiger partial charge >= 0.3 is 0 Å². The third-order valence-electron chi connectivity index (χ3n) is 4.61. The molecule has 0 radical (unpaired) electrons. The van der Waals surface area contributed by atoms with Crippen LogP contribution in [0.1, 0.15) is 12.6 Å². The number of anilines is 1. The van der Waals surface area contributed by atoms with Gasteiger partial charge in [-0.15, -0.1) is 23.1 Å². The first-order valence-corrected chi connectivity index (χ1v) is 11.2. The fourth-order valence-corrected chi connectivity index (χ4v) is 4.20. The Balaban J connectivity index is 1.69. The number of aromatic nitrogens is 3. The van der Waals surface area contributed by atoms with E-state index in [2.05, 4.69) is 10.3 Å². The van der Waals surface area contributed by atoms with Crippen LogP contribution in [-0.4, -0.2) is 36.7 Å². The van der Waals surface area contributed by atoms with E-state index in [9.17, 15) is 14.4 Å². The predicted molar refractivity (Wildman–Crippen MR) is 120 cm³/mol. The average Bonchev–Trinajstić information content (AvgIpc) is 3.22. The molecule has 10 heteroatoms. The molecule has 8 nitrogen and oxygen atoms in total. The lowest BCUT2D eigenvalue weighted by atomic mass is 10.3. The van der Waals surface area contributed by atoms with E-state index in [0.717, 1.165) is 0 Å². The summed E-state index contributed by atoms with van der Waals surface area (Å²) >= 11 is 2.56. The monoisotopic (exact) mass is 445 g/mol. The van der Waals surface area contributed by atoms with Gasteiger partial charge in [-0.3, -0.25) is 19.1 Å². The second kappa shape index (κ2) is 9.31. The van der Waals surface area contributed by atoms with E-state index in [1.54, 1.807) is 30.1 Å². The van der Waals surface area contributed by atoms with Crippen molar-refractivity contribution in [1.29, 1.82) is 0 Å². The highest BCUT2D eigenvalue weighted by molar-refractivity contribution is 8.01. The van der Waals surface area contributed by atoms with Gasteiger partial charge in [-0.05, 0) is 26.0 Å². The molecule has 0 bridgehead atoms. The van der Waals surface area contributed by atoms with Gasteiger partial charge in [-0.2, -0.15) is 4.99 Å². The lowest BCUT2D eigenvalue weighted by molar-refractivity contribution is -0.115. The molecule has 1 aromatic carbocycles. The Hall–Kier alpha value is -2.85. The van der Waals surface area contributed by atoms with E-state index in [-0.39, 0.29) is 28.8 Å². The smallest absolute Gasteiger partial charge is 0.295 e. The number of nitrogens with one attached hydrogen (secondary N) is 1. The van der Waals surface area contributed by atoms with Gasteiger partial charge < -0.3 is 9.88 Å². The van der Waals surface area contributed by atoms with Crippen LogP contribution in [0.5, 0.6) is 0 Å². The number of carbonyl (C=O) groups is 2. The Bertz CT molecular complexity index is 1190. The molecule has 2 amide bonds. The van der Waals surface area contributed by atoms with Gasteiger partial charge in [0.15, 0.2) is 4.80 Å². The van der Waals surface area contributed by atoms with Crippen molar-refractivity contribution in [3.63, 3.8) is 0 Å². The maximum Gasteiger partial charge on any atom is 0.295 e. The van der Waals surface area contributed by atoms with Crippen molar-refractivity contribution in [3.8, 4) is 5.69 Å². The minimum absolute atomic E-state index is 0.0779. The maximum absolute atomic E-state index is 12.9. The largest absolute Gasteiger partial charge is 0.327 e. The topological polar surface area (TPSA) is 90.4 Å². The lowest BCUT2D eigenvalue weighted by Crippen LogP contribution is -2.27. The highest BCUT2D eigenvalue weighted by Crippen LogP contribution is 2.17. The molecule has 1 unspecified atom stereocenters. The van der Waals surface area contributed by atoms with Crippen LogP contribution in [0.2, 0.25) is 0 Å². The summed E-state index contributed by atoms with van der Waals surface area (Å²) in [4.78, 5) is 42.3. The van der Waals surface area contributed by atoms with Gasteiger partial charge in [0.2, 0.25) is 5.91 Å². The SMILES string of the molecule is Cc1c(NC(=O)C(C)SCC(=O)N=c2sccn2C)c(=O)n(-c2ccccc2)n1C. The summed E-state index contributed by atoms with van der Waals surface area (Å²) in [7, 11) is 3.58. The quantitative estimate of drug-likeness (QED) is 0.629. The Morgan fingerprint density at radius 3 is 2.57 bits per heavy atom. The van der Waals surface area contributed by atoms with Crippen molar-refractivity contribution >= 4 is 40.6 Å². The molecule has 0 aliphatic rings. The number of nitrogens with zero attached hydrogens (tertiary/aromatic N) is 4. The number of aryl methyl sites for hydroxylation is 1. The first-order chi connectivity index (χ1) is 14.3.